The van der Waals surface area contributed by atoms with Gasteiger partial charge in [0.05, 0.1) is 22.1 Å². The molecule has 0 aliphatic rings. The lowest BCUT2D eigenvalue weighted by molar-refractivity contribution is -0.384. The minimum atomic E-state index is -4.53. The number of nitrogens with zero attached hydrogens (tertiary/aromatic N) is 2. The summed E-state index contributed by atoms with van der Waals surface area (Å²) in [7, 11) is -4.53. The van der Waals surface area contributed by atoms with Gasteiger partial charge in [-0.05, 0) is 61.2 Å². The van der Waals surface area contributed by atoms with E-state index in [1.165, 1.54) is 48.5 Å². The number of nitro benzene ring substituents is 1. The molecule has 11 heteroatoms. The Morgan fingerprint density at radius 2 is 1.70 bits per heavy atom. The van der Waals surface area contributed by atoms with Crippen LogP contribution in [-0.2, 0) is 20.2 Å². The second-order valence-corrected chi connectivity index (χ2v) is 11.9. The number of non-ortho nitro benzene ring substituents is 1. The van der Waals surface area contributed by atoms with Gasteiger partial charge in [0, 0.05) is 23.1 Å². The highest BCUT2D eigenvalue weighted by atomic mass is 32.2. The lowest BCUT2D eigenvalue weighted by atomic mass is 9.87. The maximum atomic E-state index is 14.0. The molecule has 1 amide bonds. The molecule has 0 unspecified atom stereocenters. The van der Waals surface area contributed by atoms with Gasteiger partial charge in [0.15, 0.2) is 0 Å². The maximum absolute atomic E-state index is 14.0. The Kier molecular flexibility index (Phi) is 7.53. The molecule has 0 N–H and O–H groups in total. The molecule has 1 aromatic heterocycles. The fraction of sp³-hybridized carbons (Fsp3) is 0.241. The number of furan rings is 1. The van der Waals surface area contributed by atoms with E-state index in [0.29, 0.717) is 9.89 Å². The average molecular weight is 565 g/mol. The van der Waals surface area contributed by atoms with E-state index < -0.39 is 26.8 Å². The Morgan fingerprint density at radius 1 is 1.02 bits per heavy atom. The van der Waals surface area contributed by atoms with Crippen LogP contribution in [0.15, 0.2) is 76.0 Å². The van der Waals surface area contributed by atoms with Crippen LogP contribution in [-0.4, -0.2) is 31.8 Å². The van der Waals surface area contributed by atoms with Gasteiger partial charge in [-0.2, -0.15) is 4.31 Å². The van der Waals surface area contributed by atoms with Crippen LogP contribution in [0.2, 0.25) is 0 Å². The number of nitro groups is 1. The molecule has 0 bridgehead atoms. The van der Waals surface area contributed by atoms with E-state index in [0.717, 1.165) is 11.6 Å². The first kappa shape index (κ1) is 28.5. The number of carbonyl (C=O) groups excluding carboxylic acids is 2. The van der Waals surface area contributed by atoms with Crippen molar-refractivity contribution >= 4 is 44.2 Å². The number of ether oxygens (including phenoxy) is 1. The van der Waals surface area contributed by atoms with Crippen molar-refractivity contribution in [1.82, 2.24) is 0 Å². The van der Waals surface area contributed by atoms with Crippen LogP contribution in [0.5, 0.6) is 0 Å². The number of sulfonamides is 1. The number of carbonyl (C=O) groups is 2. The molecule has 1 heterocycles. The van der Waals surface area contributed by atoms with Gasteiger partial charge in [-0.15, -0.1) is 0 Å². The summed E-state index contributed by atoms with van der Waals surface area (Å²) in [5, 5.41) is 11.6. The molecular formula is C29H28N2O8S. The van der Waals surface area contributed by atoms with E-state index in [9.17, 15) is 28.1 Å². The van der Waals surface area contributed by atoms with E-state index in [1.807, 2.05) is 20.8 Å². The molecule has 0 fully saturated rings. The van der Waals surface area contributed by atoms with Gasteiger partial charge in [0.1, 0.15) is 16.9 Å². The lowest BCUT2D eigenvalue weighted by Crippen LogP contribution is -2.37. The highest BCUT2D eigenvalue weighted by Gasteiger charge is 2.34. The zero-order valence-corrected chi connectivity index (χ0v) is 23.4. The monoisotopic (exact) mass is 564 g/mol. The summed E-state index contributed by atoms with van der Waals surface area (Å²) in [6.07, 6.45) is 0. The van der Waals surface area contributed by atoms with Crippen molar-refractivity contribution in [3.63, 3.8) is 0 Å². The first-order valence-electron chi connectivity index (χ1n) is 12.4. The molecule has 4 rings (SSSR count). The van der Waals surface area contributed by atoms with Crippen LogP contribution >= 0.6 is 0 Å². The molecule has 0 saturated carbocycles. The molecular weight excluding hydrogens is 536 g/mol. The predicted octanol–water partition coefficient (Wildman–Crippen LogP) is 6.16. The van der Waals surface area contributed by atoms with Crippen LogP contribution in [0.3, 0.4) is 0 Å². The smallest absolute Gasteiger partial charge is 0.342 e. The number of hydrogen-bond acceptors (Lipinski definition) is 8. The molecule has 0 aliphatic heterocycles. The number of benzene rings is 3. The number of rotatable bonds is 7. The standard InChI is InChI=1S/C29H28N2O8S/c1-6-38-28(33)26-18(2)39-25-15-12-21(17-24(25)26)30(27(32)19-8-7-9-22(16-19)31(34)35)40(36,37)23-13-10-20(11-14-23)29(3,4)5/h7-17H,6H2,1-5H3. The first-order chi connectivity index (χ1) is 18.8. The van der Waals surface area contributed by atoms with Gasteiger partial charge in [0.25, 0.3) is 21.6 Å². The molecule has 10 nitrogen and oxygen atoms in total. The Balaban J connectivity index is 1.94. The van der Waals surface area contributed by atoms with E-state index in [2.05, 4.69) is 0 Å². The molecule has 40 heavy (non-hydrogen) atoms. The third kappa shape index (κ3) is 5.32. The van der Waals surface area contributed by atoms with E-state index in [4.69, 9.17) is 9.15 Å². The van der Waals surface area contributed by atoms with Gasteiger partial charge in [-0.1, -0.05) is 39.0 Å². The van der Waals surface area contributed by atoms with Crippen molar-refractivity contribution in [2.45, 2.75) is 44.9 Å². The summed E-state index contributed by atoms with van der Waals surface area (Å²) >= 11 is 0. The van der Waals surface area contributed by atoms with E-state index >= 15 is 0 Å². The summed E-state index contributed by atoms with van der Waals surface area (Å²) in [5.74, 6) is -1.41. The van der Waals surface area contributed by atoms with Crippen molar-refractivity contribution < 1.29 is 32.1 Å². The molecule has 4 aromatic rings. The van der Waals surface area contributed by atoms with Crippen LogP contribution in [0.25, 0.3) is 11.0 Å². The van der Waals surface area contributed by atoms with Crippen LogP contribution < -0.4 is 4.31 Å². The summed E-state index contributed by atoms with van der Waals surface area (Å²) in [5.41, 5.74) is 0.371. The second kappa shape index (κ2) is 10.6. The fourth-order valence-corrected chi connectivity index (χ4v) is 5.66. The third-order valence-electron chi connectivity index (χ3n) is 6.31. The topological polar surface area (TPSA) is 137 Å². The molecule has 3 aromatic carbocycles. The highest BCUT2D eigenvalue weighted by Crippen LogP contribution is 2.34. The SMILES string of the molecule is CCOC(=O)c1c(C)oc2ccc(N(C(=O)c3cccc([N+](=O)[O-])c3)S(=O)(=O)c3ccc(C(C)(C)C)cc3)cc12. The largest absolute Gasteiger partial charge is 0.462 e. The Bertz CT molecular complexity index is 1730. The van der Waals surface area contributed by atoms with Gasteiger partial charge >= 0.3 is 5.97 Å². The maximum Gasteiger partial charge on any atom is 0.342 e. The first-order valence-corrected chi connectivity index (χ1v) is 13.8. The molecule has 208 valence electrons. The van der Waals surface area contributed by atoms with Crippen molar-refractivity contribution in [2.24, 2.45) is 0 Å². The zero-order chi connectivity index (χ0) is 29.4. The number of anilines is 1. The Labute approximate surface area is 231 Å². The average Bonchev–Trinajstić information content (AvgIpc) is 3.23. The van der Waals surface area contributed by atoms with Crippen LogP contribution in [0, 0.1) is 17.0 Å². The highest BCUT2D eigenvalue weighted by molar-refractivity contribution is 7.93. The molecule has 0 spiro atoms. The molecule has 0 atom stereocenters. The number of fused-ring (bicyclic) bond motifs is 1. The molecule has 0 aliphatic carbocycles. The fourth-order valence-electron chi connectivity index (χ4n) is 4.26. The quantitative estimate of drug-likeness (QED) is 0.148. The van der Waals surface area contributed by atoms with Gasteiger partial charge in [-0.3, -0.25) is 14.9 Å². The van der Waals surface area contributed by atoms with Gasteiger partial charge in [0.2, 0.25) is 0 Å². The lowest BCUT2D eigenvalue weighted by Gasteiger charge is -2.24. The second-order valence-electron chi connectivity index (χ2n) is 10.1. The minimum absolute atomic E-state index is 0.0877. The minimum Gasteiger partial charge on any atom is -0.462 e. The predicted molar refractivity (Wildman–Crippen MR) is 149 cm³/mol. The Morgan fingerprint density at radius 3 is 2.30 bits per heavy atom. The number of amides is 1. The Hall–Kier alpha value is -4.51. The molecule has 0 saturated heterocycles. The van der Waals surface area contributed by atoms with Gasteiger partial charge in [-0.25, -0.2) is 13.2 Å². The number of esters is 1. The van der Waals surface area contributed by atoms with E-state index in [-0.39, 0.29) is 50.6 Å². The third-order valence-corrected chi connectivity index (χ3v) is 8.03. The van der Waals surface area contributed by atoms with Crippen LogP contribution in [0.1, 0.15) is 59.7 Å². The zero-order valence-electron chi connectivity index (χ0n) is 22.6. The molecule has 0 radical (unpaired) electrons. The van der Waals surface area contributed by atoms with Crippen LogP contribution in [0.4, 0.5) is 11.4 Å². The number of hydrogen-bond donors (Lipinski definition) is 0. The van der Waals surface area contributed by atoms with Crippen molar-refractivity contribution in [2.75, 3.05) is 10.9 Å². The van der Waals surface area contributed by atoms with Gasteiger partial charge < -0.3 is 9.15 Å². The number of aryl methyl sites for hydroxylation is 1. The summed E-state index contributed by atoms with van der Waals surface area (Å²) in [4.78, 5) is 37.0. The van der Waals surface area contributed by atoms with E-state index in [1.54, 1.807) is 26.0 Å². The van der Waals surface area contributed by atoms with Crippen molar-refractivity contribution in [1.29, 1.82) is 0 Å². The van der Waals surface area contributed by atoms with Crippen molar-refractivity contribution in [3.05, 3.63) is 99.3 Å². The normalized spacial score (nSPS) is 11.8. The van der Waals surface area contributed by atoms with Crippen molar-refractivity contribution in [3.8, 4) is 0 Å². The summed E-state index contributed by atoms with van der Waals surface area (Å²) in [6.45, 7) is 9.29. The summed E-state index contributed by atoms with van der Waals surface area (Å²) in [6, 6.07) is 15.2. The summed E-state index contributed by atoms with van der Waals surface area (Å²) < 4.78 is 39.5.